The number of amides is 2. The first-order valence-corrected chi connectivity index (χ1v) is 10.2. The second-order valence-electron chi connectivity index (χ2n) is 7.69. The van der Waals surface area contributed by atoms with Crippen molar-refractivity contribution < 1.29 is 18.4 Å². The zero-order valence-corrected chi connectivity index (χ0v) is 18.3. The zero-order chi connectivity index (χ0) is 23.2. The van der Waals surface area contributed by atoms with Gasteiger partial charge in [-0.25, -0.2) is 13.7 Å². The molecular formula is C25H19ClF2N2O2. The molecule has 0 aromatic heterocycles. The molecule has 1 aliphatic rings. The molecule has 0 spiro atoms. The summed E-state index contributed by atoms with van der Waals surface area (Å²) in [5.41, 5.74) is 3.48. The lowest BCUT2D eigenvalue weighted by Crippen LogP contribution is -2.33. The Balaban J connectivity index is 1.89. The van der Waals surface area contributed by atoms with Crippen LogP contribution in [0.1, 0.15) is 22.3 Å². The van der Waals surface area contributed by atoms with E-state index in [1.165, 1.54) is 0 Å². The Morgan fingerprint density at radius 2 is 1.59 bits per heavy atom. The SMILES string of the molecule is Cc1ccc(C2=C(Nc3ccc(Cl)cc3C)C(=O)N(c3ccc(F)cc3F)C2=O)c(C)c1. The summed E-state index contributed by atoms with van der Waals surface area (Å²) in [6, 6.07) is 13.3. The number of rotatable bonds is 4. The molecule has 0 aliphatic carbocycles. The molecule has 3 aromatic rings. The maximum Gasteiger partial charge on any atom is 0.282 e. The topological polar surface area (TPSA) is 49.4 Å². The quantitative estimate of drug-likeness (QED) is 0.498. The minimum atomic E-state index is -1.00. The van der Waals surface area contributed by atoms with Crippen molar-refractivity contribution in [3.05, 3.63) is 99.2 Å². The van der Waals surface area contributed by atoms with Crippen molar-refractivity contribution in [1.82, 2.24) is 0 Å². The first-order chi connectivity index (χ1) is 15.2. The highest BCUT2D eigenvalue weighted by Crippen LogP contribution is 2.37. The van der Waals surface area contributed by atoms with Crippen molar-refractivity contribution in [2.24, 2.45) is 0 Å². The van der Waals surface area contributed by atoms with Crippen LogP contribution >= 0.6 is 11.6 Å². The van der Waals surface area contributed by atoms with E-state index in [4.69, 9.17) is 11.6 Å². The second kappa shape index (κ2) is 8.20. The third-order valence-electron chi connectivity index (χ3n) is 5.33. The molecule has 0 bridgehead atoms. The lowest BCUT2D eigenvalue weighted by atomic mass is 9.97. The number of hydrogen-bond acceptors (Lipinski definition) is 3. The molecule has 4 nitrogen and oxygen atoms in total. The monoisotopic (exact) mass is 452 g/mol. The van der Waals surface area contributed by atoms with E-state index in [1.54, 1.807) is 24.3 Å². The van der Waals surface area contributed by atoms with Crippen molar-refractivity contribution in [2.75, 3.05) is 10.2 Å². The highest BCUT2D eigenvalue weighted by Gasteiger charge is 2.42. The van der Waals surface area contributed by atoms with Gasteiger partial charge < -0.3 is 5.32 Å². The highest BCUT2D eigenvalue weighted by atomic mass is 35.5. The molecule has 0 saturated carbocycles. The van der Waals surface area contributed by atoms with Crippen LogP contribution in [0.15, 0.2) is 60.3 Å². The zero-order valence-electron chi connectivity index (χ0n) is 17.6. The molecule has 7 heteroatoms. The fourth-order valence-electron chi connectivity index (χ4n) is 3.77. The predicted octanol–water partition coefficient (Wildman–Crippen LogP) is 5.94. The minimum Gasteiger partial charge on any atom is -0.350 e. The van der Waals surface area contributed by atoms with Crippen molar-refractivity contribution in [2.45, 2.75) is 20.8 Å². The molecule has 162 valence electrons. The van der Waals surface area contributed by atoms with Gasteiger partial charge in [0.15, 0.2) is 0 Å². The van der Waals surface area contributed by atoms with E-state index < -0.39 is 23.4 Å². The van der Waals surface area contributed by atoms with E-state index in [2.05, 4.69) is 5.32 Å². The Labute approximate surface area is 189 Å². The van der Waals surface area contributed by atoms with E-state index in [1.807, 2.05) is 32.9 Å². The van der Waals surface area contributed by atoms with E-state index in [0.29, 0.717) is 22.3 Å². The molecule has 32 heavy (non-hydrogen) atoms. The first kappa shape index (κ1) is 21.7. The molecule has 0 saturated heterocycles. The maximum atomic E-state index is 14.5. The Bertz CT molecular complexity index is 1320. The number of benzene rings is 3. The molecule has 0 radical (unpaired) electrons. The molecule has 0 fully saturated rings. The first-order valence-electron chi connectivity index (χ1n) is 9.86. The smallest absolute Gasteiger partial charge is 0.282 e. The van der Waals surface area contributed by atoms with Crippen LogP contribution in [0.5, 0.6) is 0 Å². The van der Waals surface area contributed by atoms with Crippen molar-refractivity contribution >= 4 is 40.4 Å². The normalized spacial score (nSPS) is 13.9. The summed E-state index contributed by atoms with van der Waals surface area (Å²) < 4.78 is 28.0. The molecule has 1 heterocycles. The molecule has 4 rings (SSSR count). The fraction of sp³-hybridized carbons (Fsp3) is 0.120. The van der Waals surface area contributed by atoms with Gasteiger partial charge in [-0.15, -0.1) is 0 Å². The number of hydrogen-bond donors (Lipinski definition) is 1. The van der Waals surface area contributed by atoms with Gasteiger partial charge in [0.25, 0.3) is 11.8 Å². The molecule has 0 unspecified atom stereocenters. The number of carbonyl (C=O) groups excluding carboxylic acids is 2. The van der Waals surface area contributed by atoms with E-state index >= 15 is 0 Å². The number of nitrogens with one attached hydrogen (secondary N) is 1. The summed E-state index contributed by atoms with van der Waals surface area (Å²) in [6.07, 6.45) is 0. The summed E-state index contributed by atoms with van der Waals surface area (Å²) >= 11 is 6.04. The van der Waals surface area contributed by atoms with Gasteiger partial charge in [-0.05, 0) is 67.8 Å². The van der Waals surface area contributed by atoms with Gasteiger partial charge >= 0.3 is 0 Å². The molecule has 2 amide bonds. The Morgan fingerprint density at radius 3 is 2.25 bits per heavy atom. The van der Waals surface area contributed by atoms with Gasteiger partial charge in [0, 0.05) is 16.8 Å². The number of anilines is 2. The summed E-state index contributed by atoms with van der Waals surface area (Å²) in [4.78, 5) is 27.6. The van der Waals surface area contributed by atoms with Crippen LogP contribution < -0.4 is 10.2 Å². The number of nitrogens with zero attached hydrogens (tertiary/aromatic N) is 1. The summed E-state index contributed by atoms with van der Waals surface area (Å²) in [7, 11) is 0. The third-order valence-corrected chi connectivity index (χ3v) is 5.57. The van der Waals surface area contributed by atoms with Crippen LogP contribution in [0, 0.1) is 32.4 Å². The van der Waals surface area contributed by atoms with Crippen LogP contribution in [-0.4, -0.2) is 11.8 Å². The average molecular weight is 453 g/mol. The Kier molecular flexibility index (Phi) is 5.57. The predicted molar refractivity (Wildman–Crippen MR) is 121 cm³/mol. The second-order valence-corrected chi connectivity index (χ2v) is 8.13. The lowest BCUT2D eigenvalue weighted by molar-refractivity contribution is -0.120. The molecule has 3 aromatic carbocycles. The van der Waals surface area contributed by atoms with Crippen LogP contribution in [0.4, 0.5) is 20.2 Å². The summed E-state index contributed by atoms with van der Waals surface area (Å²) in [5.74, 6) is -3.23. The van der Waals surface area contributed by atoms with Gasteiger partial charge in [-0.2, -0.15) is 0 Å². The van der Waals surface area contributed by atoms with E-state index in [-0.39, 0.29) is 17.0 Å². The summed E-state index contributed by atoms with van der Waals surface area (Å²) in [5, 5.41) is 3.58. The van der Waals surface area contributed by atoms with E-state index in [0.717, 1.165) is 33.7 Å². The Morgan fingerprint density at radius 1 is 0.844 bits per heavy atom. The largest absolute Gasteiger partial charge is 0.350 e. The van der Waals surface area contributed by atoms with Gasteiger partial charge in [0.05, 0.1) is 11.3 Å². The summed E-state index contributed by atoms with van der Waals surface area (Å²) in [6.45, 7) is 5.56. The van der Waals surface area contributed by atoms with Gasteiger partial charge in [-0.1, -0.05) is 35.4 Å². The molecular weight excluding hydrogens is 434 g/mol. The molecule has 1 N–H and O–H groups in total. The molecule has 1 aliphatic heterocycles. The van der Waals surface area contributed by atoms with Gasteiger partial charge in [0.1, 0.15) is 17.3 Å². The van der Waals surface area contributed by atoms with Crippen molar-refractivity contribution in [3.8, 4) is 0 Å². The molecule has 0 atom stereocenters. The highest BCUT2D eigenvalue weighted by molar-refractivity contribution is 6.46. The van der Waals surface area contributed by atoms with Crippen molar-refractivity contribution in [3.63, 3.8) is 0 Å². The Hall–Kier alpha value is -3.51. The average Bonchev–Trinajstić information content (AvgIpc) is 2.94. The standard InChI is InChI=1S/C25H19ClF2N2O2/c1-13-4-7-18(14(2)10-13)22-23(29-20-8-5-16(26)11-15(20)3)25(32)30(24(22)31)21-9-6-17(27)12-19(21)28/h4-12,29H,1-3H3. The maximum absolute atomic E-state index is 14.5. The van der Waals surface area contributed by atoms with Gasteiger partial charge in [-0.3, -0.25) is 9.59 Å². The number of halogens is 3. The van der Waals surface area contributed by atoms with Crippen molar-refractivity contribution in [1.29, 1.82) is 0 Å². The van der Waals surface area contributed by atoms with Crippen LogP contribution in [0.25, 0.3) is 5.57 Å². The lowest BCUT2D eigenvalue weighted by Gasteiger charge is -2.16. The van der Waals surface area contributed by atoms with Crippen LogP contribution in [-0.2, 0) is 9.59 Å². The number of carbonyl (C=O) groups is 2. The third kappa shape index (κ3) is 3.78. The number of imide groups is 1. The van der Waals surface area contributed by atoms with Crippen LogP contribution in [0.2, 0.25) is 5.02 Å². The minimum absolute atomic E-state index is 0.0103. The number of aryl methyl sites for hydroxylation is 3. The van der Waals surface area contributed by atoms with Gasteiger partial charge in [0.2, 0.25) is 0 Å². The fourth-order valence-corrected chi connectivity index (χ4v) is 4.00. The van der Waals surface area contributed by atoms with Crippen LogP contribution in [0.3, 0.4) is 0 Å². The van der Waals surface area contributed by atoms with E-state index in [9.17, 15) is 18.4 Å².